The van der Waals surface area contributed by atoms with Crippen molar-refractivity contribution in [3.63, 3.8) is 0 Å². The summed E-state index contributed by atoms with van der Waals surface area (Å²) in [4.78, 5) is 4.41. The van der Waals surface area contributed by atoms with Gasteiger partial charge in [0.15, 0.2) is 0 Å². The minimum atomic E-state index is 0.554. The average Bonchev–Trinajstić information content (AvgIpc) is 2.35. The van der Waals surface area contributed by atoms with E-state index >= 15 is 0 Å². The van der Waals surface area contributed by atoms with Crippen LogP contribution >= 0.6 is 0 Å². The first kappa shape index (κ1) is 11.9. The second-order valence-corrected chi connectivity index (χ2v) is 4.72. The first-order valence-corrected chi connectivity index (χ1v) is 6.35. The summed E-state index contributed by atoms with van der Waals surface area (Å²) >= 11 is 0. The summed E-state index contributed by atoms with van der Waals surface area (Å²) in [6, 6.07) is 8.60. The van der Waals surface area contributed by atoms with E-state index in [1.807, 2.05) is 6.20 Å². The van der Waals surface area contributed by atoms with E-state index in [-0.39, 0.29) is 0 Å². The van der Waals surface area contributed by atoms with Crippen molar-refractivity contribution in [3.8, 4) is 0 Å². The molecule has 0 aliphatic rings. The lowest BCUT2D eigenvalue weighted by molar-refractivity contribution is 0.868. The van der Waals surface area contributed by atoms with Gasteiger partial charge in [0, 0.05) is 23.8 Å². The smallest absolute Gasteiger partial charge is 0.0722 e. The molecule has 2 rings (SSSR count). The summed E-state index contributed by atoms with van der Waals surface area (Å²) < 4.78 is 0. The highest BCUT2D eigenvalue weighted by Gasteiger charge is 2.04. The normalized spacial score (nSPS) is 11.1. The SMILES string of the molecule is CCCNc1ccnc2ccc(C(C)C)cc12. The van der Waals surface area contributed by atoms with Crippen molar-refractivity contribution in [1.82, 2.24) is 4.98 Å². The van der Waals surface area contributed by atoms with Gasteiger partial charge in [0.1, 0.15) is 0 Å². The maximum atomic E-state index is 4.41. The van der Waals surface area contributed by atoms with Crippen molar-refractivity contribution < 1.29 is 0 Å². The van der Waals surface area contributed by atoms with Crippen LogP contribution in [0.25, 0.3) is 10.9 Å². The first-order chi connectivity index (χ1) is 8.22. The number of rotatable bonds is 4. The Balaban J connectivity index is 2.48. The molecule has 1 aromatic carbocycles. The molecule has 0 saturated heterocycles. The Kier molecular flexibility index (Phi) is 3.62. The predicted molar refractivity (Wildman–Crippen MR) is 74.6 cm³/mol. The number of benzene rings is 1. The molecule has 2 aromatic rings. The second kappa shape index (κ2) is 5.17. The first-order valence-electron chi connectivity index (χ1n) is 6.35. The molecule has 0 fully saturated rings. The monoisotopic (exact) mass is 228 g/mol. The molecule has 17 heavy (non-hydrogen) atoms. The van der Waals surface area contributed by atoms with E-state index in [0.717, 1.165) is 18.5 Å². The molecule has 2 heteroatoms. The summed E-state index contributed by atoms with van der Waals surface area (Å²) in [5, 5.41) is 4.69. The molecule has 0 saturated carbocycles. The van der Waals surface area contributed by atoms with Crippen molar-refractivity contribution in [1.29, 1.82) is 0 Å². The van der Waals surface area contributed by atoms with Gasteiger partial charge >= 0.3 is 0 Å². The number of hydrogen-bond donors (Lipinski definition) is 1. The van der Waals surface area contributed by atoms with Gasteiger partial charge in [-0.1, -0.05) is 26.8 Å². The number of nitrogens with one attached hydrogen (secondary N) is 1. The molecule has 1 heterocycles. The second-order valence-electron chi connectivity index (χ2n) is 4.72. The molecule has 1 aromatic heterocycles. The van der Waals surface area contributed by atoms with E-state index in [2.05, 4.69) is 55.3 Å². The zero-order valence-electron chi connectivity index (χ0n) is 10.8. The van der Waals surface area contributed by atoms with E-state index in [1.165, 1.54) is 16.6 Å². The van der Waals surface area contributed by atoms with Crippen LogP contribution in [0.1, 0.15) is 38.7 Å². The lowest BCUT2D eigenvalue weighted by atomic mass is 10.0. The molecule has 0 amide bonds. The third-order valence-electron chi connectivity index (χ3n) is 3.00. The Hall–Kier alpha value is -1.57. The molecule has 0 spiro atoms. The molecule has 0 bridgehead atoms. The maximum Gasteiger partial charge on any atom is 0.0722 e. The molecule has 0 aliphatic heterocycles. The van der Waals surface area contributed by atoms with Crippen LogP contribution in [0.15, 0.2) is 30.5 Å². The van der Waals surface area contributed by atoms with Gasteiger partial charge in [-0.3, -0.25) is 4.98 Å². The minimum Gasteiger partial charge on any atom is -0.384 e. The third-order valence-corrected chi connectivity index (χ3v) is 3.00. The van der Waals surface area contributed by atoms with Crippen LogP contribution in [-0.2, 0) is 0 Å². The van der Waals surface area contributed by atoms with Gasteiger partial charge in [0.05, 0.1) is 5.52 Å². The van der Waals surface area contributed by atoms with Crippen LogP contribution < -0.4 is 5.32 Å². The number of pyridine rings is 1. The Morgan fingerprint density at radius 2 is 2.06 bits per heavy atom. The van der Waals surface area contributed by atoms with Gasteiger partial charge in [0.2, 0.25) is 0 Å². The predicted octanol–water partition coefficient (Wildman–Crippen LogP) is 4.18. The standard InChI is InChI=1S/C15H20N2/c1-4-8-16-15-7-9-17-14-6-5-12(11(2)3)10-13(14)15/h5-7,9-11H,4,8H2,1-3H3,(H,16,17). The van der Waals surface area contributed by atoms with Gasteiger partial charge in [0.25, 0.3) is 0 Å². The lowest BCUT2D eigenvalue weighted by Crippen LogP contribution is -2.01. The minimum absolute atomic E-state index is 0.554. The molecular formula is C15H20N2. The van der Waals surface area contributed by atoms with Crippen LogP contribution in [0.5, 0.6) is 0 Å². The van der Waals surface area contributed by atoms with E-state index in [0.29, 0.717) is 5.92 Å². The highest BCUT2D eigenvalue weighted by atomic mass is 14.9. The zero-order valence-corrected chi connectivity index (χ0v) is 10.8. The molecule has 0 radical (unpaired) electrons. The van der Waals surface area contributed by atoms with Crippen molar-refractivity contribution in [3.05, 3.63) is 36.0 Å². The van der Waals surface area contributed by atoms with Crippen LogP contribution in [0, 0.1) is 0 Å². The van der Waals surface area contributed by atoms with Crippen molar-refractivity contribution in [2.75, 3.05) is 11.9 Å². The quantitative estimate of drug-likeness (QED) is 0.849. The summed E-state index contributed by atoms with van der Waals surface area (Å²) in [6.45, 7) is 7.62. The summed E-state index contributed by atoms with van der Waals surface area (Å²) in [6.07, 6.45) is 3.00. The number of hydrogen-bond acceptors (Lipinski definition) is 2. The highest BCUT2D eigenvalue weighted by molar-refractivity contribution is 5.91. The number of aromatic nitrogens is 1. The van der Waals surface area contributed by atoms with Crippen molar-refractivity contribution in [2.24, 2.45) is 0 Å². The van der Waals surface area contributed by atoms with Crippen LogP contribution in [0.4, 0.5) is 5.69 Å². The average molecular weight is 228 g/mol. The topological polar surface area (TPSA) is 24.9 Å². The third kappa shape index (κ3) is 2.57. The largest absolute Gasteiger partial charge is 0.384 e. The van der Waals surface area contributed by atoms with E-state index in [4.69, 9.17) is 0 Å². The number of anilines is 1. The van der Waals surface area contributed by atoms with Gasteiger partial charge in [-0.25, -0.2) is 0 Å². The number of nitrogens with zero attached hydrogens (tertiary/aromatic N) is 1. The molecule has 90 valence electrons. The van der Waals surface area contributed by atoms with Crippen LogP contribution in [0.3, 0.4) is 0 Å². The summed E-state index contributed by atoms with van der Waals surface area (Å²) in [5.41, 5.74) is 3.62. The van der Waals surface area contributed by atoms with Crippen molar-refractivity contribution >= 4 is 16.6 Å². The van der Waals surface area contributed by atoms with Gasteiger partial charge in [-0.2, -0.15) is 0 Å². The molecule has 0 atom stereocenters. The molecule has 0 aliphatic carbocycles. The van der Waals surface area contributed by atoms with Crippen LogP contribution in [0.2, 0.25) is 0 Å². The van der Waals surface area contributed by atoms with Crippen LogP contribution in [-0.4, -0.2) is 11.5 Å². The zero-order chi connectivity index (χ0) is 12.3. The highest BCUT2D eigenvalue weighted by Crippen LogP contribution is 2.25. The van der Waals surface area contributed by atoms with E-state index in [9.17, 15) is 0 Å². The van der Waals surface area contributed by atoms with Gasteiger partial charge in [-0.05, 0) is 36.1 Å². The number of fused-ring (bicyclic) bond motifs is 1. The van der Waals surface area contributed by atoms with Crippen molar-refractivity contribution in [2.45, 2.75) is 33.1 Å². The Morgan fingerprint density at radius 1 is 1.24 bits per heavy atom. The fourth-order valence-corrected chi connectivity index (χ4v) is 1.94. The Morgan fingerprint density at radius 3 is 2.76 bits per heavy atom. The van der Waals surface area contributed by atoms with Gasteiger partial charge < -0.3 is 5.32 Å². The molecular weight excluding hydrogens is 208 g/mol. The fourth-order valence-electron chi connectivity index (χ4n) is 1.94. The Labute approximate surface area is 103 Å². The summed E-state index contributed by atoms with van der Waals surface area (Å²) in [7, 11) is 0. The molecule has 0 unspecified atom stereocenters. The van der Waals surface area contributed by atoms with Gasteiger partial charge in [-0.15, -0.1) is 0 Å². The van der Waals surface area contributed by atoms with E-state index < -0.39 is 0 Å². The molecule has 1 N–H and O–H groups in total. The van der Waals surface area contributed by atoms with E-state index in [1.54, 1.807) is 0 Å². The lowest BCUT2D eigenvalue weighted by Gasteiger charge is -2.11. The Bertz CT molecular complexity index is 503. The molecule has 2 nitrogen and oxygen atoms in total. The fraction of sp³-hybridized carbons (Fsp3) is 0.400. The summed E-state index contributed by atoms with van der Waals surface area (Å²) in [5.74, 6) is 0.554. The maximum absolute atomic E-state index is 4.41.